The predicted molar refractivity (Wildman–Crippen MR) is 146 cm³/mol. The van der Waals surface area contributed by atoms with E-state index in [4.69, 9.17) is 21.1 Å². The highest BCUT2D eigenvalue weighted by Gasteiger charge is 2.28. The lowest BCUT2D eigenvalue weighted by molar-refractivity contribution is 0.0888. The van der Waals surface area contributed by atoms with E-state index in [1.807, 2.05) is 60.1 Å². The molecule has 5 rings (SSSR count). The Hall–Kier alpha value is -3.27. The van der Waals surface area contributed by atoms with Gasteiger partial charge in [0.05, 0.1) is 25.3 Å². The molecule has 1 saturated heterocycles. The van der Waals surface area contributed by atoms with E-state index >= 15 is 0 Å². The molecule has 0 unspecified atom stereocenters. The zero-order valence-electron chi connectivity index (χ0n) is 21.8. The third-order valence-corrected chi connectivity index (χ3v) is 7.36. The molecule has 38 heavy (non-hydrogen) atoms. The lowest BCUT2D eigenvalue weighted by atomic mass is 10.1. The quantitative estimate of drug-likeness (QED) is 0.291. The zero-order chi connectivity index (χ0) is 26.5. The van der Waals surface area contributed by atoms with Crippen molar-refractivity contribution in [1.29, 1.82) is 0 Å². The van der Waals surface area contributed by atoms with Crippen LogP contribution in [0.2, 0.25) is 5.02 Å². The fourth-order valence-electron chi connectivity index (χ4n) is 5.11. The fourth-order valence-corrected chi connectivity index (χ4v) is 5.31. The maximum atomic E-state index is 13.2. The van der Waals surface area contributed by atoms with Gasteiger partial charge in [0.25, 0.3) is 5.56 Å². The molecule has 10 heteroatoms. The molecule has 0 bridgehead atoms. The van der Waals surface area contributed by atoms with Crippen LogP contribution >= 0.6 is 11.6 Å². The van der Waals surface area contributed by atoms with E-state index in [0.29, 0.717) is 36.8 Å². The van der Waals surface area contributed by atoms with Gasteiger partial charge in [-0.05, 0) is 72.5 Å². The number of hydrogen-bond donors (Lipinski definition) is 1. The second-order valence-corrected chi connectivity index (χ2v) is 9.99. The van der Waals surface area contributed by atoms with Gasteiger partial charge in [-0.25, -0.2) is 4.68 Å². The molecule has 0 radical (unpaired) electrons. The Labute approximate surface area is 226 Å². The number of rotatable bonds is 11. The van der Waals surface area contributed by atoms with E-state index in [1.54, 1.807) is 0 Å². The van der Waals surface area contributed by atoms with Crippen molar-refractivity contribution in [2.75, 3.05) is 13.2 Å². The molecule has 0 saturated carbocycles. The Morgan fingerprint density at radius 1 is 1.18 bits per heavy atom. The van der Waals surface area contributed by atoms with Crippen molar-refractivity contribution in [2.45, 2.75) is 64.9 Å². The van der Waals surface area contributed by atoms with Crippen LogP contribution in [0.15, 0.2) is 53.3 Å². The number of pyridine rings is 1. The summed E-state index contributed by atoms with van der Waals surface area (Å²) in [7, 11) is 0. The molecule has 1 fully saturated rings. The number of nitrogens with one attached hydrogen (secondary N) is 1. The molecule has 0 spiro atoms. The number of fused-ring (bicyclic) bond motifs is 1. The summed E-state index contributed by atoms with van der Waals surface area (Å²) in [6, 6.07) is 15.3. The van der Waals surface area contributed by atoms with Crippen LogP contribution in [0.25, 0.3) is 10.9 Å². The van der Waals surface area contributed by atoms with Gasteiger partial charge >= 0.3 is 0 Å². The first-order valence-corrected chi connectivity index (χ1v) is 13.6. The van der Waals surface area contributed by atoms with Crippen LogP contribution in [0.3, 0.4) is 0 Å². The maximum Gasteiger partial charge on any atom is 0.252 e. The zero-order valence-corrected chi connectivity index (χ0v) is 22.5. The Morgan fingerprint density at radius 2 is 2.03 bits per heavy atom. The lowest BCUT2D eigenvalue weighted by Crippen LogP contribution is -2.33. The van der Waals surface area contributed by atoms with Crippen molar-refractivity contribution in [3.05, 3.63) is 80.9 Å². The summed E-state index contributed by atoms with van der Waals surface area (Å²) in [6.45, 7) is 6.93. The van der Waals surface area contributed by atoms with Crippen molar-refractivity contribution in [1.82, 2.24) is 30.1 Å². The van der Waals surface area contributed by atoms with Crippen LogP contribution < -0.4 is 10.3 Å². The smallest absolute Gasteiger partial charge is 0.252 e. The number of ether oxygens (including phenoxy) is 2. The van der Waals surface area contributed by atoms with Crippen molar-refractivity contribution < 1.29 is 9.47 Å². The molecular weight excluding hydrogens is 504 g/mol. The topological polar surface area (TPSA) is 98.2 Å². The van der Waals surface area contributed by atoms with Gasteiger partial charge < -0.3 is 14.5 Å². The summed E-state index contributed by atoms with van der Waals surface area (Å²) in [5.74, 6) is 1.52. The number of aromatic amines is 1. The van der Waals surface area contributed by atoms with Crippen LogP contribution in [0.1, 0.15) is 56.1 Å². The van der Waals surface area contributed by atoms with E-state index in [-0.39, 0.29) is 17.7 Å². The summed E-state index contributed by atoms with van der Waals surface area (Å²) in [5.41, 5.74) is 2.27. The molecule has 1 aliphatic heterocycles. The Balaban J connectivity index is 1.51. The van der Waals surface area contributed by atoms with Crippen molar-refractivity contribution >= 4 is 22.5 Å². The van der Waals surface area contributed by atoms with Crippen LogP contribution in [-0.4, -0.2) is 49.4 Å². The Kier molecular flexibility index (Phi) is 8.36. The average Bonchev–Trinajstić information content (AvgIpc) is 3.59. The van der Waals surface area contributed by atoms with Crippen LogP contribution in [0, 0.1) is 0 Å². The van der Waals surface area contributed by atoms with Gasteiger partial charge in [-0.3, -0.25) is 9.69 Å². The highest BCUT2D eigenvalue weighted by molar-refractivity contribution is 6.31. The highest BCUT2D eigenvalue weighted by Crippen LogP contribution is 2.29. The van der Waals surface area contributed by atoms with E-state index in [0.717, 1.165) is 53.9 Å². The summed E-state index contributed by atoms with van der Waals surface area (Å²) in [5, 5.41) is 14.3. The van der Waals surface area contributed by atoms with Crippen molar-refractivity contribution in [2.24, 2.45) is 0 Å². The highest BCUT2D eigenvalue weighted by atomic mass is 35.5. The van der Waals surface area contributed by atoms with Gasteiger partial charge in [0.1, 0.15) is 5.75 Å². The minimum Gasteiger partial charge on any atom is -0.494 e. The molecule has 9 nitrogen and oxygen atoms in total. The fraction of sp³-hybridized carbons (Fsp3) is 0.429. The van der Waals surface area contributed by atoms with E-state index in [2.05, 4.69) is 32.3 Å². The molecular formula is C28H33ClN6O3. The van der Waals surface area contributed by atoms with Crippen LogP contribution in [0.5, 0.6) is 5.75 Å². The first-order valence-electron chi connectivity index (χ1n) is 13.2. The van der Waals surface area contributed by atoms with Gasteiger partial charge in [0.15, 0.2) is 5.82 Å². The second-order valence-electron chi connectivity index (χ2n) is 9.58. The van der Waals surface area contributed by atoms with Crippen LogP contribution in [0.4, 0.5) is 0 Å². The van der Waals surface area contributed by atoms with Gasteiger partial charge in [-0.1, -0.05) is 36.7 Å². The number of tetrazole rings is 1. The predicted octanol–water partition coefficient (Wildman–Crippen LogP) is 4.90. The minimum atomic E-state index is -0.146. The summed E-state index contributed by atoms with van der Waals surface area (Å²) < 4.78 is 13.4. The monoisotopic (exact) mass is 536 g/mol. The third-order valence-electron chi connectivity index (χ3n) is 6.99. The third kappa shape index (κ3) is 5.90. The second kappa shape index (κ2) is 12.1. The molecule has 200 valence electrons. The maximum absolute atomic E-state index is 13.2. The first kappa shape index (κ1) is 26.3. The minimum absolute atomic E-state index is 0.106. The molecule has 2 aromatic heterocycles. The molecule has 4 aromatic rings. The standard InChI is InChI=1S/C28H33ClN6O3/c1-3-26(27-31-32-33-35(27)18-23-9-7-13-38-23)34(16-19-8-5-6-10-24(19)29)17-21-14-20-15-22(37-4-2)11-12-25(20)30-28(21)36/h5-6,8,10-12,14-15,23,26H,3-4,7,9,13,16-18H2,1-2H3,(H,30,36)/t23-,26-/m0/s1. The number of halogens is 1. The van der Waals surface area contributed by atoms with Crippen LogP contribution in [-0.2, 0) is 24.4 Å². The van der Waals surface area contributed by atoms with E-state index < -0.39 is 0 Å². The largest absolute Gasteiger partial charge is 0.494 e. The number of H-pyrrole nitrogens is 1. The van der Waals surface area contributed by atoms with Gasteiger partial charge in [-0.2, -0.15) is 0 Å². The van der Waals surface area contributed by atoms with Gasteiger partial charge in [-0.15, -0.1) is 5.10 Å². The Bertz CT molecular complexity index is 1430. The number of aromatic nitrogens is 5. The normalized spacial score (nSPS) is 16.4. The first-order chi connectivity index (χ1) is 18.6. The number of benzene rings is 2. The van der Waals surface area contributed by atoms with E-state index in [1.165, 1.54) is 0 Å². The summed E-state index contributed by atoms with van der Waals surface area (Å²) in [4.78, 5) is 18.4. The average molecular weight is 537 g/mol. The lowest BCUT2D eigenvalue weighted by Gasteiger charge is -2.30. The molecule has 0 aliphatic carbocycles. The number of hydrogen-bond acceptors (Lipinski definition) is 7. The van der Waals surface area contributed by atoms with Crippen molar-refractivity contribution in [3.8, 4) is 5.75 Å². The van der Waals surface area contributed by atoms with E-state index in [9.17, 15) is 4.79 Å². The Morgan fingerprint density at radius 3 is 2.79 bits per heavy atom. The van der Waals surface area contributed by atoms with Crippen molar-refractivity contribution in [3.63, 3.8) is 0 Å². The van der Waals surface area contributed by atoms with Gasteiger partial charge in [0, 0.05) is 41.2 Å². The molecule has 2 aromatic carbocycles. The molecule has 3 heterocycles. The molecule has 1 N–H and O–H groups in total. The molecule has 0 amide bonds. The summed E-state index contributed by atoms with van der Waals surface area (Å²) >= 11 is 6.57. The summed E-state index contributed by atoms with van der Waals surface area (Å²) in [6.07, 6.45) is 2.90. The molecule has 1 aliphatic rings. The SMILES string of the molecule is CCOc1ccc2[nH]c(=O)c(CN(Cc3ccccc3Cl)[C@@H](CC)c3nnnn3C[C@@H]3CCCO3)cc2c1. The molecule has 2 atom stereocenters. The number of nitrogens with zero attached hydrogens (tertiary/aromatic N) is 5. The van der Waals surface area contributed by atoms with Gasteiger partial charge in [0.2, 0.25) is 0 Å².